The minimum atomic E-state index is -0.212. The standard InChI is InChI=1S/C24H26N6O3/c1-15-5-10-18-19(25-15)26-23(32-18)30-13-11-29(12-14-30)21(31)17-8-6-16(7-9-17)20-27-28-22(33-20)24(2,3)4/h5-10H,11-14H2,1-4H3. The first-order valence-electron chi connectivity index (χ1n) is 11.0. The first kappa shape index (κ1) is 21.1. The molecule has 1 saturated heterocycles. The largest absolute Gasteiger partial charge is 0.422 e. The van der Waals surface area contributed by atoms with Crippen molar-refractivity contribution in [1.29, 1.82) is 0 Å². The normalized spacial score (nSPS) is 14.8. The van der Waals surface area contributed by atoms with Crippen LogP contribution in [0.15, 0.2) is 45.2 Å². The number of carbonyl (C=O) groups is 1. The number of nitrogens with zero attached hydrogens (tertiary/aromatic N) is 6. The van der Waals surface area contributed by atoms with Gasteiger partial charge in [0.25, 0.3) is 11.9 Å². The molecule has 0 aliphatic carbocycles. The van der Waals surface area contributed by atoms with Gasteiger partial charge in [-0.25, -0.2) is 4.98 Å². The summed E-state index contributed by atoms with van der Waals surface area (Å²) in [7, 11) is 0. The molecule has 0 saturated carbocycles. The highest BCUT2D eigenvalue weighted by molar-refractivity contribution is 5.94. The highest BCUT2D eigenvalue weighted by Gasteiger charge is 2.26. The third kappa shape index (κ3) is 4.18. The molecular weight excluding hydrogens is 420 g/mol. The van der Waals surface area contributed by atoms with Gasteiger partial charge in [0.15, 0.2) is 5.58 Å². The van der Waals surface area contributed by atoms with Crippen LogP contribution in [0.1, 0.15) is 42.7 Å². The van der Waals surface area contributed by atoms with Gasteiger partial charge in [-0.3, -0.25) is 4.79 Å². The minimum Gasteiger partial charge on any atom is -0.422 e. The Labute approximate surface area is 191 Å². The maximum atomic E-state index is 13.0. The molecule has 0 bridgehead atoms. The maximum absolute atomic E-state index is 13.0. The van der Waals surface area contributed by atoms with Crippen molar-refractivity contribution in [3.63, 3.8) is 0 Å². The SMILES string of the molecule is Cc1ccc2oc(N3CCN(C(=O)c4ccc(-c5nnc(C(C)(C)C)o5)cc4)CC3)nc2n1. The number of piperazine rings is 1. The van der Waals surface area contributed by atoms with Crippen molar-refractivity contribution in [2.75, 3.05) is 31.1 Å². The van der Waals surface area contributed by atoms with E-state index >= 15 is 0 Å². The first-order chi connectivity index (χ1) is 15.8. The zero-order valence-corrected chi connectivity index (χ0v) is 19.2. The number of carbonyl (C=O) groups excluding carboxylic acids is 1. The van der Waals surface area contributed by atoms with Crippen LogP contribution < -0.4 is 4.90 Å². The number of hydrogen-bond donors (Lipinski definition) is 0. The third-order valence-electron chi connectivity index (χ3n) is 5.66. The van der Waals surface area contributed by atoms with Crippen molar-refractivity contribution in [2.24, 2.45) is 0 Å². The number of rotatable bonds is 3. The molecule has 0 unspecified atom stereocenters. The Morgan fingerprint density at radius 1 is 0.909 bits per heavy atom. The molecule has 0 N–H and O–H groups in total. The van der Waals surface area contributed by atoms with Crippen molar-refractivity contribution in [2.45, 2.75) is 33.1 Å². The van der Waals surface area contributed by atoms with Gasteiger partial charge in [0.2, 0.25) is 17.4 Å². The molecule has 4 aromatic rings. The topological polar surface area (TPSA) is 101 Å². The van der Waals surface area contributed by atoms with Crippen molar-refractivity contribution >= 4 is 23.2 Å². The zero-order valence-electron chi connectivity index (χ0n) is 19.2. The van der Waals surface area contributed by atoms with Crippen LogP contribution in [0.3, 0.4) is 0 Å². The molecule has 1 aliphatic heterocycles. The van der Waals surface area contributed by atoms with Gasteiger partial charge in [0.1, 0.15) is 0 Å². The minimum absolute atomic E-state index is 0.00281. The molecule has 9 heteroatoms. The van der Waals surface area contributed by atoms with Crippen LogP contribution in [-0.4, -0.2) is 57.2 Å². The van der Waals surface area contributed by atoms with Gasteiger partial charge < -0.3 is 18.6 Å². The molecule has 3 aromatic heterocycles. The summed E-state index contributed by atoms with van der Waals surface area (Å²) in [6.45, 7) is 10.5. The maximum Gasteiger partial charge on any atom is 0.300 e. The smallest absolute Gasteiger partial charge is 0.300 e. The van der Waals surface area contributed by atoms with Crippen LogP contribution in [-0.2, 0) is 5.41 Å². The zero-order chi connectivity index (χ0) is 23.2. The van der Waals surface area contributed by atoms with Crippen LogP contribution in [0.5, 0.6) is 0 Å². The van der Waals surface area contributed by atoms with E-state index in [9.17, 15) is 4.79 Å². The molecule has 0 radical (unpaired) electrons. The molecule has 0 atom stereocenters. The van der Waals surface area contributed by atoms with E-state index in [1.165, 1.54) is 0 Å². The van der Waals surface area contributed by atoms with E-state index in [0.29, 0.717) is 60.8 Å². The number of aromatic nitrogens is 4. The number of aryl methyl sites for hydroxylation is 1. The Morgan fingerprint density at radius 3 is 2.30 bits per heavy atom. The summed E-state index contributed by atoms with van der Waals surface area (Å²) in [5, 5.41) is 8.27. The number of amides is 1. The molecule has 4 heterocycles. The predicted molar refractivity (Wildman–Crippen MR) is 123 cm³/mol. The Morgan fingerprint density at radius 2 is 1.64 bits per heavy atom. The van der Waals surface area contributed by atoms with Gasteiger partial charge in [0, 0.05) is 48.4 Å². The van der Waals surface area contributed by atoms with Gasteiger partial charge in [-0.1, -0.05) is 20.8 Å². The number of benzene rings is 1. The average Bonchev–Trinajstić information content (AvgIpc) is 3.46. The van der Waals surface area contributed by atoms with E-state index < -0.39 is 0 Å². The summed E-state index contributed by atoms with van der Waals surface area (Å²) < 4.78 is 11.6. The van der Waals surface area contributed by atoms with E-state index in [-0.39, 0.29) is 11.3 Å². The molecule has 5 rings (SSSR count). The Hall–Kier alpha value is -3.75. The Kier molecular flexibility index (Phi) is 5.11. The predicted octanol–water partition coefficient (Wildman–Crippen LogP) is 3.84. The highest BCUT2D eigenvalue weighted by Crippen LogP contribution is 2.26. The van der Waals surface area contributed by atoms with Crippen LogP contribution in [0.25, 0.3) is 22.7 Å². The van der Waals surface area contributed by atoms with E-state index in [1.54, 1.807) is 12.1 Å². The van der Waals surface area contributed by atoms with Gasteiger partial charge in [-0.05, 0) is 43.3 Å². The second-order valence-corrected chi connectivity index (χ2v) is 9.29. The first-order valence-corrected chi connectivity index (χ1v) is 11.0. The number of pyridine rings is 1. The molecule has 1 aromatic carbocycles. The van der Waals surface area contributed by atoms with Crippen molar-refractivity contribution in [3.05, 3.63) is 53.5 Å². The van der Waals surface area contributed by atoms with Gasteiger partial charge >= 0.3 is 0 Å². The lowest BCUT2D eigenvalue weighted by molar-refractivity contribution is 0.0745. The second-order valence-electron chi connectivity index (χ2n) is 9.29. The molecule has 1 amide bonds. The Bertz CT molecular complexity index is 1290. The summed E-state index contributed by atoms with van der Waals surface area (Å²) in [5.41, 5.74) is 3.39. The van der Waals surface area contributed by atoms with E-state index in [1.807, 2.05) is 61.8 Å². The summed E-state index contributed by atoms with van der Waals surface area (Å²) in [6.07, 6.45) is 0. The number of hydrogen-bond acceptors (Lipinski definition) is 8. The lowest BCUT2D eigenvalue weighted by Gasteiger charge is -2.33. The number of fused-ring (bicyclic) bond motifs is 1. The number of anilines is 1. The van der Waals surface area contributed by atoms with Gasteiger partial charge in [0.05, 0.1) is 0 Å². The van der Waals surface area contributed by atoms with Crippen LogP contribution in [0.2, 0.25) is 0 Å². The Balaban J connectivity index is 1.23. The fourth-order valence-electron chi connectivity index (χ4n) is 3.72. The van der Waals surface area contributed by atoms with Crippen molar-refractivity contribution in [3.8, 4) is 11.5 Å². The molecule has 0 spiro atoms. The quantitative estimate of drug-likeness (QED) is 0.468. The highest BCUT2D eigenvalue weighted by atomic mass is 16.4. The fraction of sp³-hybridized carbons (Fsp3) is 0.375. The summed E-state index contributed by atoms with van der Waals surface area (Å²) in [4.78, 5) is 25.8. The fourth-order valence-corrected chi connectivity index (χ4v) is 3.72. The third-order valence-corrected chi connectivity index (χ3v) is 5.66. The number of oxazole rings is 1. The lowest BCUT2D eigenvalue weighted by Crippen LogP contribution is -2.48. The van der Waals surface area contributed by atoms with Crippen molar-refractivity contribution < 1.29 is 13.6 Å². The van der Waals surface area contributed by atoms with Gasteiger partial charge in [-0.15, -0.1) is 10.2 Å². The van der Waals surface area contributed by atoms with E-state index in [4.69, 9.17) is 8.83 Å². The molecule has 33 heavy (non-hydrogen) atoms. The summed E-state index contributed by atoms with van der Waals surface area (Å²) in [5.74, 6) is 1.04. The second kappa shape index (κ2) is 7.99. The monoisotopic (exact) mass is 446 g/mol. The lowest BCUT2D eigenvalue weighted by atomic mass is 9.97. The summed E-state index contributed by atoms with van der Waals surface area (Å²) in [6, 6.07) is 11.6. The van der Waals surface area contributed by atoms with Crippen LogP contribution in [0.4, 0.5) is 6.01 Å². The molecule has 1 aliphatic rings. The van der Waals surface area contributed by atoms with Crippen LogP contribution >= 0.6 is 0 Å². The van der Waals surface area contributed by atoms with Gasteiger partial charge in [-0.2, -0.15) is 4.98 Å². The van der Waals surface area contributed by atoms with E-state index in [0.717, 1.165) is 11.3 Å². The van der Waals surface area contributed by atoms with Crippen molar-refractivity contribution in [1.82, 2.24) is 25.1 Å². The molecular formula is C24H26N6O3. The van der Waals surface area contributed by atoms with E-state index in [2.05, 4.69) is 20.2 Å². The summed E-state index contributed by atoms with van der Waals surface area (Å²) >= 11 is 0. The average molecular weight is 447 g/mol. The molecule has 1 fully saturated rings. The molecule has 170 valence electrons. The molecule has 9 nitrogen and oxygen atoms in total. The van der Waals surface area contributed by atoms with Crippen LogP contribution in [0, 0.1) is 6.92 Å².